The van der Waals surface area contributed by atoms with E-state index in [2.05, 4.69) is 5.32 Å². The van der Waals surface area contributed by atoms with E-state index in [-0.39, 0.29) is 5.91 Å². The number of thioether (sulfide) groups is 1. The van der Waals surface area contributed by atoms with Gasteiger partial charge in [-0.25, -0.2) is 4.79 Å². The van der Waals surface area contributed by atoms with Gasteiger partial charge in [0.15, 0.2) is 0 Å². The van der Waals surface area contributed by atoms with Crippen molar-refractivity contribution in [2.24, 2.45) is 0 Å². The summed E-state index contributed by atoms with van der Waals surface area (Å²) in [7, 11) is 0. The number of amides is 1. The molecular weight excluding hydrogens is 270 g/mol. The molecule has 6 heteroatoms. The minimum absolute atomic E-state index is 0.282. The van der Waals surface area contributed by atoms with Crippen LogP contribution in [0.3, 0.4) is 0 Å². The largest absolute Gasteiger partial charge is 0.480 e. The molecule has 1 rings (SSSR count). The Hall–Kier alpha value is -1.01. The molecule has 0 aliphatic heterocycles. The molecule has 18 heavy (non-hydrogen) atoms. The summed E-state index contributed by atoms with van der Waals surface area (Å²) < 4.78 is 0. The van der Waals surface area contributed by atoms with Crippen LogP contribution >= 0.6 is 23.1 Å². The van der Waals surface area contributed by atoms with Crippen molar-refractivity contribution in [2.45, 2.75) is 25.8 Å². The highest BCUT2D eigenvalue weighted by atomic mass is 32.2. The molecule has 0 aliphatic carbocycles. The highest BCUT2D eigenvalue weighted by Gasteiger charge is 2.21. The van der Waals surface area contributed by atoms with Crippen molar-refractivity contribution in [1.29, 1.82) is 0 Å². The van der Waals surface area contributed by atoms with E-state index in [4.69, 9.17) is 5.11 Å². The molecule has 0 unspecified atom stereocenters. The zero-order valence-corrected chi connectivity index (χ0v) is 12.1. The van der Waals surface area contributed by atoms with E-state index in [9.17, 15) is 9.59 Å². The van der Waals surface area contributed by atoms with Crippen LogP contribution in [0.5, 0.6) is 0 Å². The summed E-state index contributed by atoms with van der Waals surface area (Å²) in [5.74, 6) is -0.551. The molecule has 1 aromatic heterocycles. The first-order chi connectivity index (χ1) is 8.60. The van der Waals surface area contributed by atoms with Gasteiger partial charge in [-0.3, -0.25) is 4.79 Å². The third-order valence-corrected chi connectivity index (χ3v) is 4.15. The molecule has 1 amide bonds. The van der Waals surface area contributed by atoms with Crippen molar-refractivity contribution in [1.82, 2.24) is 5.32 Å². The van der Waals surface area contributed by atoms with Crippen LogP contribution in [0.4, 0.5) is 0 Å². The maximum Gasteiger partial charge on any atom is 0.326 e. The van der Waals surface area contributed by atoms with E-state index in [1.807, 2.05) is 24.6 Å². The fraction of sp³-hybridized carbons (Fsp3) is 0.500. The van der Waals surface area contributed by atoms with Crippen LogP contribution in [-0.2, 0) is 11.2 Å². The summed E-state index contributed by atoms with van der Waals surface area (Å²) in [6.45, 7) is 1.97. The molecule has 100 valence electrons. The van der Waals surface area contributed by atoms with Crippen LogP contribution in [0.25, 0.3) is 0 Å². The predicted molar refractivity (Wildman–Crippen MR) is 75.6 cm³/mol. The first-order valence-corrected chi connectivity index (χ1v) is 7.96. The summed E-state index contributed by atoms with van der Waals surface area (Å²) in [5.41, 5.74) is 0.964. The van der Waals surface area contributed by atoms with Crippen molar-refractivity contribution < 1.29 is 14.7 Å². The second-order valence-electron chi connectivity index (χ2n) is 3.77. The number of aryl methyl sites for hydroxylation is 1. The third kappa shape index (κ3) is 4.03. The van der Waals surface area contributed by atoms with Gasteiger partial charge in [-0.15, -0.1) is 11.3 Å². The van der Waals surface area contributed by atoms with Gasteiger partial charge in [0.2, 0.25) is 0 Å². The van der Waals surface area contributed by atoms with Crippen LogP contribution < -0.4 is 5.32 Å². The van der Waals surface area contributed by atoms with Crippen molar-refractivity contribution in [2.75, 3.05) is 12.0 Å². The van der Waals surface area contributed by atoms with Crippen molar-refractivity contribution >= 4 is 35.0 Å². The average Bonchev–Trinajstić information content (AvgIpc) is 2.82. The van der Waals surface area contributed by atoms with Crippen molar-refractivity contribution in [3.05, 3.63) is 21.9 Å². The highest BCUT2D eigenvalue weighted by molar-refractivity contribution is 7.98. The standard InChI is InChI=1S/C12H17NO3S2/c1-3-8-4-7-18-10(8)11(14)13-9(12(15)16)5-6-17-2/h4,7,9H,3,5-6H2,1-2H3,(H,13,14)(H,15,16)/t9-/m1/s1. The number of carbonyl (C=O) groups is 2. The molecule has 4 nitrogen and oxygen atoms in total. The Kier molecular flexibility index (Phi) is 6.21. The molecule has 0 saturated heterocycles. The van der Waals surface area contributed by atoms with Gasteiger partial charge in [-0.2, -0.15) is 11.8 Å². The maximum absolute atomic E-state index is 12.0. The number of carboxylic acids is 1. The summed E-state index contributed by atoms with van der Waals surface area (Å²) in [4.78, 5) is 23.7. The van der Waals surface area contributed by atoms with E-state index in [1.165, 1.54) is 11.3 Å². The van der Waals surface area contributed by atoms with E-state index < -0.39 is 12.0 Å². The second kappa shape index (κ2) is 7.43. The van der Waals surface area contributed by atoms with Crippen LogP contribution in [0.2, 0.25) is 0 Å². The number of nitrogens with one attached hydrogen (secondary N) is 1. The first kappa shape index (κ1) is 15.0. The van der Waals surface area contributed by atoms with E-state index in [0.29, 0.717) is 17.1 Å². The molecule has 1 heterocycles. The quantitative estimate of drug-likeness (QED) is 0.807. The SMILES string of the molecule is CCc1ccsc1C(=O)N[C@H](CCSC)C(=O)O. The minimum atomic E-state index is -0.980. The number of hydrogen-bond donors (Lipinski definition) is 2. The van der Waals surface area contributed by atoms with Gasteiger partial charge in [0.05, 0.1) is 4.88 Å². The molecule has 0 fully saturated rings. The van der Waals surface area contributed by atoms with E-state index in [1.54, 1.807) is 11.8 Å². The average molecular weight is 287 g/mol. The minimum Gasteiger partial charge on any atom is -0.480 e. The van der Waals surface area contributed by atoms with E-state index >= 15 is 0 Å². The van der Waals surface area contributed by atoms with Gasteiger partial charge in [0.25, 0.3) is 5.91 Å². The lowest BCUT2D eigenvalue weighted by atomic mass is 10.2. The van der Waals surface area contributed by atoms with Crippen LogP contribution in [0.1, 0.15) is 28.6 Å². The molecule has 2 N–H and O–H groups in total. The topological polar surface area (TPSA) is 66.4 Å². The monoisotopic (exact) mass is 287 g/mol. The Morgan fingerprint density at radius 3 is 2.83 bits per heavy atom. The van der Waals surface area contributed by atoms with Gasteiger partial charge in [-0.1, -0.05) is 6.92 Å². The third-order valence-electron chi connectivity index (χ3n) is 2.55. The highest BCUT2D eigenvalue weighted by Crippen LogP contribution is 2.17. The van der Waals surface area contributed by atoms with Crippen molar-refractivity contribution in [3.63, 3.8) is 0 Å². The fourth-order valence-corrected chi connectivity index (χ4v) is 2.90. The second-order valence-corrected chi connectivity index (χ2v) is 5.68. The summed E-state index contributed by atoms with van der Waals surface area (Å²) in [6.07, 6.45) is 3.12. The lowest BCUT2D eigenvalue weighted by molar-refractivity contribution is -0.139. The Bertz CT molecular complexity index is 417. The maximum atomic E-state index is 12.0. The van der Waals surface area contributed by atoms with Crippen LogP contribution in [0, 0.1) is 0 Å². The Labute approximate surface area is 115 Å². The summed E-state index contributed by atoms with van der Waals surface area (Å²) in [6, 6.07) is 1.09. The molecule has 0 aromatic carbocycles. The molecule has 0 saturated carbocycles. The number of hydrogen-bond acceptors (Lipinski definition) is 4. The zero-order valence-electron chi connectivity index (χ0n) is 10.4. The number of thiophene rings is 1. The Morgan fingerprint density at radius 1 is 1.56 bits per heavy atom. The fourth-order valence-electron chi connectivity index (χ4n) is 1.53. The zero-order chi connectivity index (χ0) is 13.5. The molecule has 0 radical (unpaired) electrons. The number of carboxylic acid groups (broad SMARTS) is 1. The van der Waals surface area contributed by atoms with Crippen LogP contribution in [0.15, 0.2) is 11.4 Å². The van der Waals surface area contributed by atoms with Crippen molar-refractivity contribution in [3.8, 4) is 0 Å². The summed E-state index contributed by atoms with van der Waals surface area (Å²) >= 11 is 2.92. The molecule has 0 bridgehead atoms. The van der Waals surface area contributed by atoms with Crippen LogP contribution in [-0.4, -0.2) is 35.0 Å². The molecule has 0 aliphatic rings. The first-order valence-electron chi connectivity index (χ1n) is 5.69. The number of aliphatic carboxylic acids is 1. The normalized spacial score (nSPS) is 12.1. The Balaban J connectivity index is 2.69. The lowest BCUT2D eigenvalue weighted by Gasteiger charge is -2.13. The lowest BCUT2D eigenvalue weighted by Crippen LogP contribution is -2.41. The molecule has 1 aromatic rings. The summed E-state index contributed by atoms with van der Waals surface area (Å²) in [5, 5.41) is 13.5. The molecule has 1 atom stereocenters. The van der Waals surface area contributed by atoms with E-state index in [0.717, 1.165) is 12.0 Å². The van der Waals surface area contributed by atoms with Gasteiger partial charge in [0, 0.05) is 0 Å². The van der Waals surface area contributed by atoms with Gasteiger partial charge in [-0.05, 0) is 41.9 Å². The molecular formula is C12H17NO3S2. The predicted octanol–water partition coefficient (Wildman–Crippen LogP) is 2.25. The Morgan fingerprint density at radius 2 is 2.28 bits per heavy atom. The van der Waals surface area contributed by atoms with Gasteiger partial charge in [0.1, 0.15) is 6.04 Å². The van der Waals surface area contributed by atoms with Gasteiger partial charge < -0.3 is 10.4 Å². The van der Waals surface area contributed by atoms with Gasteiger partial charge >= 0.3 is 5.97 Å². The smallest absolute Gasteiger partial charge is 0.326 e. The number of carbonyl (C=O) groups excluding carboxylic acids is 1. The molecule has 0 spiro atoms. The number of rotatable bonds is 7.